The van der Waals surface area contributed by atoms with Gasteiger partial charge in [0.25, 0.3) is 0 Å². The van der Waals surface area contributed by atoms with Crippen LogP contribution >= 0.6 is 13.5 Å². The quantitative estimate of drug-likeness (QED) is 0.412. The molecule has 3 rings (SSSR count). The second-order valence-electron chi connectivity index (χ2n) is 5.70. The maximum atomic E-state index is 10.7. The van der Waals surface area contributed by atoms with Crippen molar-refractivity contribution in [2.24, 2.45) is 0 Å². The van der Waals surface area contributed by atoms with E-state index in [4.69, 9.17) is 13.0 Å². The summed E-state index contributed by atoms with van der Waals surface area (Å²) in [6.07, 6.45) is 0. The number of rotatable bonds is 2. The summed E-state index contributed by atoms with van der Waals surface area (Å²) < 4.78 is 57.5. The standard InChI is InChI=1S/C19H16.CHF3O3S.H2S/c1-15-12-13-18(16-8-4-2-5-9-16)19(14-15)17-10-6-3-7-11-17;2-1(3,4)8(5,6)7;/h2-14H,1H3;(H,5,6,7);1H2. The smallest absolute Gasteiger partial charge is 0.279 e. The fourth-order valence-corrected chi connectivity index (χ4v) is 2.38. The Morgan fingerprint density at radius 1 is 0.750 bits per heavy atom. The molecule has 3 aromatic rings. The van der Waals surface area contributed by atoms with Gasteiger partial charge in [-0.15, -0.1) is 0 Å². The van der Waals surface area contributed by atoms with Gasteiger partial charge in [-0.1, -0.05) is 84.4 Å². The monoisotopic (exact) mass is 428 g/mol. The first-order valence-electron chi connectivity index (χ1n) is 7.85. The lowest BCUT2D eigenvalue weighted by atomic mass is 9.93. The Morgan fingerprint density at radius 2 is 1.14 bits per heavy atom. The zero-order valence-electron chi connectivity index (χ0n) is 14.8. The Balaban J connectivity index is 0.000000376. The molecule has 3 nitrogen and oxygen atoms in total. The van der Waals surface area contributed by atoms with Gasteiger partial charge in [0.05, 0.1) is 0 Å². The highest BCUT2D eigenvalue weighted by atomic mass is 32.2. The minimum Gasteiger partial charge on any atom is -0.279 e. The van der Waals surface area contributed by atoms with Gasteiger partial charge in [0.1, 0.15) is 0 Å². The van der Waals surface area contributed by atoms with E-state index in [1.54, 1.807) is 0 Å². The lowest BCUT2D eigenvalue weighted by Gasteiger charge is -2.11. The summed E-state index contributed by atoms with van der Waals surface area (Å²) in [7, 11) is -5.84. The van der Waals surface area contributed by atoms with E-state index >= 15 is 0 Å². The Labute approximate surface area is 169 Å². The molecular weight excluding hydrogens is 409 g/mol. The van der Waals surface area contributed by atoms with Crippen LogP contribution in [0.25, 0.3) is 22.3 Å². The van der Waals surface area contributed by atoms with Gasteiger partial charge in [0, 0.05) is 0 Å². The molecule has 0 aliphatic carbocycles. The third kappa shape index (κ3) is 6.40. The molecule has 0 saturated carbocycles. The Kier molecular flexibility index (Phi) is 8.29. The van der Waals surface area contributed by atoms with Crippen LogP contribution in [0.4, 0.5) is 13.2 Å². The third-order valence-electron chi connectivity index (χ3n) is 3.64. The normalized spacial score (nSPS) is 11.0. The summed E-state index contributed by atoms with van der Waals surface area (Å²) in [6, 6.07) is 27.8. The van der Waals surface area contributed by atoms with E-state index in [2.05, 4.69) is 85.8 Å². The fraction of sp³-hybridized carbons (Fsp3) is 0.100. The maximum Gasteiger partial charge on any atom is 0.522 e. The van der Waals surface area contributed by atoms with Crippen molar-refractivity contribution in [1.82, 2.24) is 0 Å². The van der Waals surface area contributed by atoms with Crippen molar-refractivity contribution in [3.8, 4) is 22.3 Å². The molecule has 0 heterocycles. The highest BCUT2D eigenvalue weighted by Crippen LogP contribution is 2.32. The van der Waals surface area contributed by atoms with E-state index in [1.807, 2.05) is 0 Å². The zero-order valence-corrected chi connectivity index (χ0v) is 16.6. The minimum atomic E-state index is -5.84. The minimum absolute atomic E-state index is 0. The Morgan fingerprint density at radius 3 is 1.54 bits per heavy atom. The van der Waals surface area contributed by atoms with Crippen LogP contribution < -0.4 is 0 Å². The average Bonchev–Trinajstić information content (AvgIpc) is 2.62. The van der Waals surface area contributed by atoms with Gasteiger partial charge in [0.2, 0.25) is 0 Å². The van der Waals surface area contributed by atoms with Crippen molar-refractivity contribution < 1.29 is 26.1 Å². The van der Waals surface area contributed by atoms with E-state index in [1.165, 1.54) is 27.8 Å². The molecule has 8 heteroatoms. The number of hydrogen-bond donors (Lipinski definition) is 1. The van der Waals surface area contributed by atoms with Crippen LogP contribution in [0.15, 0.2) is 78.9 Å². The molecular formula is C20H19F3O3S2. The van der Waals surface area contributed by atoms with Gasteiger partial charge in [-0.05, 0) is 29.2 Å². The van der Waals surface area contributed by atoms with Gasteiger partial charge < -0.3 is 0 Å². The second kappa shape index (κ2) is 9.77. The molecule has 1 N–H and O–H groups in total. The van der Waals surface area contributed by atoms with Crippen LogP contribution in [-0.4, -0.2) is 18.5 Å². The molecule has 0 atom stereocenters. The van der Waals surface area contributed by atoms with Crippen molar-refractivity contribution in [2.45, 2.75) is 12.4 Å². The molecule has 0 aromatic heterocycles. The lowest BCUT2D eigenvalue weighted by molar-refractivity contribution is -0.0510. The first-order chi connectivity index (χ1) is 12.6. The van der Waals surface area contributed by atoms with Crippen molar-refractivity contribution >= 4 is 23.6 Å². The lowest BCUT2D eigenvalue weighted by Crippen LogP contribution is -2.21. The molecule has 3 aromatic carbocycles. The summed E-state index contributed by atoms with van der Waals surface area (Å²) in [4.78, 5) is 0. The molecule has 0 aliphatic rings. The van der Waals surface area contributed by atoms with Gasteiger partial charge in [-0.3, -0.25) is 4.55 Å². The summed E-state index contributed by atoms with van der Waals surface area (Å²) in [5.74, 6) is 0. The van der Waals surface area contributed by atoms with E-state index in [0.717, 1.165) is 0 Å². The second-order valence-corrected chi connectivity index (χ2v) is 7.11. The largest absolute Gasteiger partial charge is 0.522 e. The molecule has 0 bridgehead atoms. The van der Waals surface area contributed by atoms with Crippen molar-refractivity contribution in [3.63, 3.8) is 0 Å². The van der Waals surface area contributed by atoms with Crippen LogP contribution in [0.1, 0.15) is 5.56 Å². The van der Waals surface area contributed by atoms with Gasteiger partial charge in [-0.2, -0.15) is 35.1 Å². The van der Waals surface area contributed by atoms with Gasteiger partial charge in [-0.25, -0.2) is 0 Å². The van der Waals surface area contributed by atoms with Crippen LogP contribution in [0.3, 0.4) is 0 Å². The summed E-state index contributed by atoms with van der Waals surface area (Å²) in [6.45, 7) is 2.14. The summed E-state index contributed by atoms with van der Waals surface area (Å²) in [5, 5.41) is 0. The van der Waals surface area contributed by atoms with Crippen LogP contribution in [-0.2, 0) is 10.1 Å². The summed E-state index contributed by atoms with van der Waals surface area (Å²) >= 11 is 0. The topological polar surface area (TPSA) is 54.4 Å². The first kappa shape index (κ1) is 23.7. The van der Waals surface area contributed by atoms with E-state index < -0.39 is 15.6 Å². The van der Waals surface area contributed by atoms with E-state index in [-0.39, 0.29) is 13.5 Å². The number of aryl methyl sites for hydroxylation is 1. The molecule has 0 unspecified atom stereocenters. The Hall–Kier alpha value is -2.29. The number of benzene rings is 3. The molecule has 0 saturated heterocycles. The van der Waals surface area contributed by atoms with Gasteiger partial charge in [0.15, 0.2) is 0 Å². The molecule has 0 fully saturated rings. The predicted octanol–water partition coefficient (Wildman–Crippen LogP) is 5.84. The van der Waals surface area contributed by atoms with Crippen LogP contribution in [0.2, 0.25) is 0 Å². The third-order valence-corrected chi connectivity index (χ3v) is 4.22. The zero-order chi connectivity index (χ0) is 20.1. The number of hydrogen-bond acceptors (Lipinski definition) is 2. The maximum absolute atomic E-state index is 10.7. The molecule has 0 radical (unpaired) electrons. The van der Waals surface area contributed by atoms with Gasteiger partial charge >= 0.3 is 15.6 Å². The van der Waals surface area contributed by atoms with Crippen molar-refractivity contribution in [3.05, 3.63) is 84.4 Å². The van der Waals surface area contributed by atoms with E-state index in [0.29, 0.717) is 0 Å². The van der Waals surface area contributed by atoms with Crippen LogP contribution in [0, 0.1) is 6.92 Å². The van der Waals surface area contributed by atoms with Crippen LogP contribution in [0.5, 0.6) is 0 Å². The van der Waals surface area contributed by atoms with Crippen molar-refractivity contribution in [1.29, 1.82) is 0 Å². The first-order valence-corrected chi connectivity index (χ1v) is 9.29. The van der Waals surface area contributed by atoms with E-state index in [9.17, 15) is 13.2 Å². The molecule has 0 spiro atoms. The average molecular weight is 428 g/mol. The number of halogens is 3. The molecule has 0 amide bonds. The Bertz CT molecular complexity index is 988. The molecule has 28 heavy (non-hydrogen) atoms. The predicted molar refractivity (Wildman–Crippen MR) is 110 cm³/mol. The SMILES string of the molecule is Cc1ccc(-c2ccccc2)c(-c2ccccc2)c1.O=S(=O)(O)C(F)(F)F.S. The van der Waals surface area contributed by atoms with Crippen molar-refractivity contribution in [2.75, 3.05) is 0 Å². The molecule has 0 aliphatic heterocycles. The fourth-order valence-electron chi connectivity index (χ4n) is 2.38. The number of alkyl halides is 3. The molecule has 150 valence electrons. The summed E-state index contributed by atoms with van der Waals surface area (Å²) in [5.41, 5.74) is 0.877. The highest BCUT2D eigenvalue weighted by Gasteiger charge is 2.44. The highest BCUT2D eigenvalue weighted by molar-refractivity contribution is 7.86.